The number of imide groups is 1. The highest BCUT2D eigenvalue weighted by molar-refractivity contribution is 6.13. The van der Waals surface area contributed by atoms with Gasteiger partial charge in [-0.25, -0.2) is 0 Å². The van der Waals surface area contributed by atoms with E-state index in [4.69, 9.17) is 23.7 Å². The molecule has 0 bridgehead atoms. The SMILES string of the molecule is C[C@H](NC(=O)CCOCCOCCOCCOCCNC(=O)CCN1C(=O)C=CC1=O)C(=O)N[C@@H](C)C(=O)Nc1ccc(COCC(=O)C(C)(C)C)cc1. The lowest BCUT2D eigenvalue weighted by Crippen LogP contribution is -2.50. The zero-order valence-electron chi connectivity index (χ0n) is 31.9. The van der Waals surface area contributed by atoms with Gasteiger partial charge in [0, 0.05) is 49.2 Å². The van der Waals surface area contributed by atoms with Crippen molar-refractivity contribution in [2.75, 3.05) is 77.9 Å². The highest BCUT2D eigenvalue weighted by atomic mass is 16.6. The molecule has 2 atom stereocenters. The first-order valence-corrected chi connectivity index (χ1v) is 17.9. The number of carbonyl (C=O) groups is 7. The van der Waals surface area contributed by atoms with Gasteiger partial charge in [0.15, 0.2) is 5.78 Å². The standard InChI is InChI=1S/C37H55N5O12/c1-26(35(48)40-27(2)36(49)41-29-8-6-28(7-9-29)24-54-25-30(43)37(3,4)5)39-32(45)13-16-50-18-20-52-22-23-53-21-19-51-17-14-38-31(44)12-15-42-33(46)10-11-34(42)47/h6-11,26-27H,12-25H2,1-5H3,(H,38,44)(H,39,45)(H,40,48)(H,41,49)/t26-,27-/m0/s1. The van der Waals surface area contributed by atoms with Crippen molar-refractivity contribution in [2.24, 2.45) is 5.41 Å². The number of hydrogen-bond donors (Lipinski definition) is 4. The summed E-state index contributed by atoms with van der Waals surface area (Å²) in [5.74, 6) is -2.45. The molecule has 300 valence electrons. The van der Waals surface area contributed by atoms with Crippen molar-refractivity contribution >= 4 is 46.9 Å². The van der Waals surface area contributed by atoms with Crippen LogP contribution in [0, 0.1) is 5.41 Å². The Bertz CT molecular complexity index is 1410. The Morgan fingerprint density at radius 3 is 1.78 bits per heavy atom. The summed E-state index contributed by atoms with van der Waals surface area (Å²) in [6, 6.07) is 5.21. The molecule has 0 radical (unpaired) electrons. The molecule has 1 aromatic rings. The molecule has 4 N–H and O–H groups in total. The van der Waals surface area contributed by atoms with Crippen LogP contribution in [0.5, 0.6) is 0 Å². The summed E-state index contributed by atoms with van der Waals surface area (Å²) < 4.78 is 27.1. The minimum atomic E-state index is -0.873. The number of ketones is 1. The van der Waals surface area contributed by atoms with Gasteiger partial charge in [0.05, 0.1) is 59.5 Å². The highest BCUT2D eigenvalue weighted by Gasteiger charge is 2.24. The van der Waals surface area contributed by atoms with Gasteiger partial charge in [-0.3, -0.25) is 38.5 Å². The van der Waals surface area contributed by atoms with E-state index in [-0.39, 0.29) is 76.6 Å². The number of carbonyl (C=O) groups excluding carboxylic acids is 7. The number of benzene rings is 1. The number of amides is 6. The van der Waals surface area contributed by atoms with E-state index in [9.17, 15) is 33.6 Å². The van der Waals surface area contributed by atoms with Crippen molar-refractivity contribution in [3.63, 3.8) is 0 Å². The molecule has 0 fully saturated rings. The number of nitrogens with zero attached hydrogens (tertiary/aromatic N) is 1. The average Bonchev–Trinajstić information content (AvgIpc) is 3.44. The molecule has 0 unspecified atom stereocenters. The molecule has 0 aliphatic carbocycles. The van der Waals surface area contributed by atoms with Crippen molar-refractivity contribution in [2.45, 2.75) is 66.2 Å². The Labute approximate surface area is 316 Å². The molecule has 54 heavy (non-hydrogen) atoms. The molecule has 6 amide bonds. The molecule has 1 heterocycles. The second-order valence-corrected chi connectivity index (χ2v) is 13.3. The van der Waals surface area contributed by atoms with E-state index in [1.807, 2.05) is 20.8 Å². The lowest BCUT2D eigenvalue weighted by molar-refractivity contribution is -0.137. The number of hydrogen-bond acceptors (Lipinski definition) is 12. The molecule has 17 nitrogen and oxygen atoms in total. The van der Waals surface area contributed by atoms with E-state index in [2.05, 4.69) is 21.3 Å². The monoisotopic (exact) mass is 761 g/mol. The van der Waals surface area contributed by atoms with E-state index in [1.165, 1.54) is 26.0 Å². The van der Waals surface area contributed by atoms with E-state index >= 15 is 0 Å². The first-order chi connectivity index (χ1) is 25.7. The highest BCUT2D eigenvalue weighted by Crippen LogP contribution is 2.16. The van der Waals surface area contributed by atoms with Crippen LogP contribution in [0.2, 0.25) is 0 Å². The third-order valence-electron chi connectivity index (χ3n) is 7.70. The van der Waals surface area contributed by atoms with Crippen LogP contribution in [0.25, 0.3) is 0 Å². The molecule has 2 rings (SSSR count). The normalized spacial score (nSPS) is 13.8. The Balaban J connectivity index is 1.42. The fraction of sp³-hybridized carbons (Fsp3) is 0.595. The third-order valence-corrected chi connectivity index (χ3v) is 7.70. The van der Waals surface area contributed by atoms with Crippen molar-refractivity contribution in [3.8, 4) is 0 Å². The molecular formula is C37H55N5O12. The molecule has 1 aliphatic rings. The summed E-state index contributed by atoms with van der Waals surface area (Å²) in [5.41, 5.74) is 0.901. The quantitative estimate of drug-likeness (QED) is 0.0719. The van der Waals surface area contributed by atoms with Crippen LogP contribution >= 0.6 is 0 Å². The zero-order valence-corrected chi connectivity index (χ0v) is 31.9. The smallest absolute Gasteiger partial charge is 0.253 e. The van der Waals surface area contributed by atoms with Gasteiger partial charge in [0.25, 0.3) is 11.8 Å². The van der Waals surface area contributed by atoms with E-state index < -0.39 is 41.1 Å². The van der Waals surface area contributed by atoms with Crippen molar-refractivity contribution in [1.29, 1.82) is 0 Å². The van der Waals surface area contributed by atoms with Crippen LogP contribution in [-0.2, 0) is 63.9 Å². The molecule has 1 aromatic carbocycles. The zero-order chi connectivity index (χ0) is 39.9. The largest absolute Gasteiger partial charge is 0.379 e. The third kappa shape index (κ3) is 19.0. The maximum atomic E-state index is 12.6. The van der Waals surface area contributed by atoms with Crippen LogP contribution in [0.15, 0.2) is 36.4 Å². The summed E-state index contributed by atoms with van der Waals surface area (Å²) in [6.07, 6.45) is 2.41. The predicted molar refractivity (Wildman–Crippen MR) is 196 cm³/mol. The number of anilines is 1. The predicted octanol–water partition coefficient (Wildman–Crippen LogP) is 0.654. The fourth-order valence-corrected chi connectivity index (χ4v) is 4.34. The lowest BCUT2D eigenvalue weighted by Gasteiger charge is -2.18. The number of Topliss-reactive ketones (excluding diaryl/α,β-unsaturated/α-hetero) is 1. The Morgan fingerprint density at radius 2 is 1.20 bits per heavy atom. The summed E-state index contributed by atoms with van der Waals surface area (Å²) in [5, 5.41) is 10.6. The summed E-state index contributed by atoms with van der Waals surface area (Å²) in [6.45, 7) is 11.5. The Hall–Kier alpha value is -4.55. The van der Waals surface area contributed by atoms with Crippen LogP contribution in [0.3, 0.4) is 0 Å². The lowest BCUT2D eigenvalue weighted by atomic mass is 9.91. The van der Waals surface area contributed by atoms with Crippen LogP contribution < -0.4 is 21.3 Å². The van der Waals surface area contributed by atoms with Gasteiger partial charge in [0.2, 0.25) is 23.6 Å². The second kappa shape index (κ2) is 24.7. The summed E-state index contributed by atoms with van der Waals surface area (Å²) in [4.78, 5) is 85.2. The van der Waals surface area contributed by atoms with Crippen LogP contribution in [-0.4, -0.2) is 131 Å². The van der Waals surface area contributed by atoms with Gasteiger partial charge in [-0.05, 0) is 31.5 Å². The molecular weight excluding hydrogens is 706 g/mol. The van der Waals surface area contributed by atoms with Crippen LogP contribution in [0.1, 0.15) is 53.0 Å². The molecule has 17 heteroatoms. The molecule has 0 aromatic heterocycles. The molecule has 1 aliphatic heterocycles. The Morgan fingerprint density at radius 1 is 0.667 bits per heavy atom. The van der Waals surface area contributed by atoms with E-state index in [0.29, 0.717) is 38.7 Å². The molecule has 0 saturated heterocycles. The van der Waals surface area contributed by atoms with E-state index in [0.717, 1.165) is 10.5 Å². The van der Waals surface area contributed by atoms with Gasteiger partial charge >= 0.3 is 0 Å². The maximum absolute atomic E-state index is 12.6. The number of ether oxygens (including phenoxy) is 5. The van der Waals surface area contributed by atoms with Gasteiger partial charge in [-0.2, -0.15) is 0 Å². The summed E-state index contributed by atoms with van der Waals surface area (Å²) >= 11 is 0. The van der Waals surface area contributed by atoms with Gasteiger partial charge in [0.1, 0.15) is 18.7 Å². The number of nitrogens with one attached hydrogen (secondary N) is 4. The topological polar surface area (TPSA) is 217 Å². The summed E-state index contributed by atoms with van der Waals surface area (Å²) in [7, 11) is 0. The van der Waals surface area contributed by atoms with Crippen molar-refractivity contribution in [1.82, 2.24) is 20.9 Å². The van der Waals surface area contributed by atoms with Gasteiger partial charge < -0.3 is 45.0 Å². The maximum Gasteiger partial charge on any atom is 0.253 e. The van der Waals surface area contributed by atoms with Crippen molar-refractivity contribution in [3.05, 3.63) is 42.0 Å². The number of rotatable bonds is 27. The minimum absolute atomic E-state index is 0.00897. The first kappa shape index (κ1) is 45.6. The minimum Gasteiger partial charge on any atom is -0.379 e. The van der Waals surface area contributed by atoms with Crippen LogP contribution in [0.4, 0.5) is 5.69 Å². The first-order valence-electron chi connectivity index (χ1n) is 17.9. The average molecular weight is 762 g/mol. The fourth-order valence-electron chi connectivity index (χ4n) is 4.34. The molecule has 0 spiro atoms. The molecule has 0 saturated carbocycles. The van der Waals surface area contributed by atoms with Crippen molar-refractivity contribution < 1.29 is 57.2 Å². The Kier molecular flexibility index (Phi) is 20.9. The van der Waals surface area contributed by atoms with Gasteiger partial charge in [-0.1, -0.05) is 32.9 Å². The second-order valence-electron chi connectivity index (χ2n) is 13.3. The van der Waals surface area contributed by atoms with Gasteiger partial charge in [-0.15, -0.1) is 0 Å². The van der Waals surface area contributed by atoms with E-state index in [1.54, 1.807) is 24.3 Å².